The summed E-state index contributed by atoms with van der Waals surface area (Å²) in [5, 5.41) is 0.633. The van der Waals surface area contributed by atoms with Gasteiger partial charge in [0.15, 0.2) is 5.65 Å². The summed E-state index contributed by atoms with van der Waals surface area (Å²) in [4.78, 5) is 9.12. The maximum atomic E-state index is 6.01. The molecule has 0 amide bonds. The highest BCUT2D eigenvalue weighted by molar-refractivity contribution is 7.99. The van der Waals surface area contributed by atoms with E-state index in [1.165, 1.54) is 24.3 Å². The van der Waals surface area contributed by atoms with Crippen molar-refractivity contribution in [2.45, 2.75) is 25.8 Å². The Kier molecular flexibility index (Phi) is 4.74. The van der Waals surface area contributed by atoms with Crippen LogP contribution in [0.4, 0.5) is 0 Å². The highest BCUT2D eigenvalue weighted by Crippen LogP contribution is 2.27. The number of rotatable bonds is 4. The van der Waals surface area contributed by atoms with Crippen molar-refractivity contribution in [3.63, 3.8) is 0 Å². The lowest BCUT2D eigenvalue weighted by atomic mass is 10.0. The van der Waals surface area contributed by atoms with Crippen molar-refractivity contribution in [1.29, 1.82) is 0 Å². The number of fused-ring (bicyclic) bond motifs is 1. The van der Waals surface area contributed by atoms with Gasteiger partial charge in [-0.2, -0.15) is 11.8 Å². The van der Waals surface area contributed by atoms with E-state index in [-0.39, 0.29) is 0 Å². The Morgan fingerprint density at radius 1 is 1.35 bits per heavy atom. The molecule has 1 fully saturated rings. The Labute approximate surface area is 133 Å². The first kappa shape index (κ1) is 14.5. The number of hydrogen-bond acceptors (Lipinski definition) is 3. The van der Waals surface area contributed by atoms with E-state index in [9.17, 15) is 0 Å². The van der Waals surface area contributed by atoms with Gasteiger partial charge in [0.2, 0.25) is 0 Å². The number of hydrogen-bond donors (Lipinski definition) is 0. The average Bonchev–Trinajstić information content (AvgIpc) is 2.77. The second-order valence-electron chi connectivity index (χ2n) is 5.13. The van der Waals surface area contributed by atoms with E-state index in [2.05, 4.69) is 26.3 Å². The molecule has 0 saturated carbocycles. The third kappa shape index (κ3) is 3.07. The van der Waals surface area contributed by atoms with Gasteiger partial charge in [-0.3, -0.25) is 0 Å². The molecule has 3 heterocycles. The number of nitrogens with zero attached hydrogens (tertiary/aromatic N) is 3. The van der Waals surface area contributed by atoms with Crippen LogP contribution >= 0.6 is 35.0 Å². The molecule has 6 heteroatoms. The van der Waals surface area contributed by atoms with Gasteiger partial charge in [0, 0.05) is 25.0 Å². The monoisotopic (exact) mass is 329 g/mol. The molecule has 1 aliphatic heterocycles. The van der Waals surface area contributed by atoms with Gasteiger partial charge in [-0.15, -0.1) is 11.6 Å². The molecule has 0 bridgehead atoms. The van der Waals surface area contributed by atoms with E-state index in [1.54, 1.807) is 6.20 Å². The van der Waals surface area contributed by atoms with Gasteiger partial charge in [0.05, 0.1) is 5.02 Å². The minimum atomic E-state index is 0.581. The SMILES string of the molecule is ClCCc1nc2cc(Cl)cnc2n1CC1CCSCC1. The van der Waals surface area contributed by atoms with Crippen molar-refractivity contribution in [1.82, 2.24) is 14.5 Å². The first-order valence-corrected chi connectivity index (χ1v) is 8.99. The van der Waals surface area contributed by atoms with Crippen LogP contribution in [0.15, 0.2) is 12.3 Å². The number of alkyl halides is 1. The molecular formula is C14H17Cl2N3S. The van der Waals surface area contributed by atoms with Crippen molar-refractivity contribution < 1.29 is 0 Å². The zero-order valence-electron chi connectivity index (χ0n) is 11.2. The third-order valence-electron chi connectivity index (χ3n) is 3.73. The Morgan fingerprint density at radius 2 is 2.15 bits per heavy atom. The van der Waals surface area contributed by atoms with Gasteiger partial charge >= 0.3 is 0 Å². The lowest BCUT2D eigenvalue weighted by Crippen LogP contribution is -2.18. The van der Waals surface area contributed by atoms with Crippen molar-refractivity contribution in [2.75, 3.05) is 17.4 Å². The quantitative estimate of drug-likeness (QED) is 0.794. The van der Waals surface area contributed by atoms with E-state index in [4.69, 9.17) is 23.2 Å². The number of aryl methyl sites for hydroxylation is 1. The van der Waals surface area contributed by atoms with Crippen LogP contribution in [0.5, 0.6) is 0 Å². The summed E-state index contributed by atoms with van der Waals surface area (Å²) in [7, 11) is 0. The second kappa shape index (κ2) is 6.54. The van der Waals surface area contributed by atoms with Gasteiger partial charge in [0.1, 0.15) is 11.3 Å². The summed E-state index contributed by atoms with van der Waals surface area (Å²) < 4.78 is 2.24. The Bertz CT molecular complexity index is 593. The molecule has 3 nitrogen and oxygen atoms in total. The maximum absolute atomic E-state index is 6.01. The highest BCUT2D eigenvalue weighted by Gasteiger charge is 2.19. The van der Waals surface area contributed by atoms with Crippen LogP contribution in [-0.4, -0.2) is 31.9 Å². The molecule has 0 unspecified atom stereocenters. The van der Waals surface area contributed by atoms with E-state index >= 15 is 0 Å². The lowest BCUT2D eigenvalue weighted by molar-refractivity contribution is 0.414. The maximum Gasteiger partial charge on any atom is 0.160 e. The summed E-state index contributed by atoms with van der Waals surface area (Å²) in [6.45, 7) is 0.998. The molecular weight excluding hydrogens is 313 g/mol. The van der Waals surface area contributed by atoms with Gasteiger partial charge in [-0.05, 0) is 36.3 Å². The van der Waals surface area contributed by atoms with Crippen molar-refractivity contribution in [2.24, 2.45) is 5.92 Å². The molecule has 0 aromatic carbocycles. The number of thioether (sulfide) groups is 1. The Morgan fingerprint density at radius 3 is 2.90 bits per heavy atom. The van der Waals surface area contributed by atoms with Crippen LogP contribution in [0.25, 0.3) is 11.2 Å². The predicted molar refractivity (Wildman–Crippen MR) is 87.0 cm³/mol. The summed E-state index contributed by atoms with van der Waals surface area (Å²) in [6.07, 6.45) is 5.02. The molecule has 20 heavy (non-hydrogen) atoms. The minimum absolute atomic E-state index is 0.581. The molecule has 2 aromatic heterocycles. The van der Waals surface area contributed by atoms with E-state index in [1.807, 2.05) is 6.07 Å². The molecule has 3 rings (SSSR count). The molecule has 0 radical (unpaired) electrons. The first-order chi connectivity index (χ1) is 9.78. The Hall–Kier alpha value is -0.450. The number of imidazole rings is 1. The van der Waals surface area contributed by atoms with Crippen LogP contribution in [-0.2, 0) is 13.0 Å². The lowest BCUT2D eigenvalue weighted by Gasteiger charge is -2.22. The van der Waals surface area contributed by atoms with Gasteiger partial charge in [0.25, 0.3) is 0 Å². The number of aromatic nitrogens is 3. The van der Waals surface area contributed by atoms with Crippen molar-refractivity contribution >= 4 is 46.1 Å². The fraction of sp³-hybridized carbons (Fsp3) is 0.571. The van der Waals surface area contributed by atoms with Crippen molar-refractivity contribution in [3.05, 3.63) is 23.1 Å². The van der Waals surface area contributed by atoms with Crippen molar-refractivity contribution in [3.8, 4) is 0 Å². The van der Waals surface area contributed by atoms with Crippen LogP contribution < -0.4 is 0 Å². The summed E-state index contributed by atoms with van der Waals surface area (Å²) in [5.74, 6) is 4.86. The number of halogens is 2. The van der Waals surface area contributed by atoms with Crippen LogP contribution in [0.3, 0.4) is 0 Å². The predicted octanol–water partition coefficient (Wildman–Crippen LogP) is 4.01. The minimum Gasteiger partial charge on any atom is -0.312 e. The van der Waals surface area contributed by atoms with Crippen LogP contribution in [0.1, 0.15) is 18.7 Å². The molecule has 0 aliphatic carbocycles. The zero-order valence-corrected chi connectivity index (χ0v) is 13.5. The Balaban J connectivity index is 1.95. The molecule has 0 spiro atoms. The average molecular weight is 330 g/mol. The fourth-order valence-electron chi connectivity index (χ4n) is 2.69. The number of pyridine rings is 1. The molecule has 1 aliphatic rings. The standard InChI is InChI=1S/C14H17Cl2N3S/c15-4-1-13-18-12-7-11(16)8-17-14(12)19(13)9-10-2-5-20-6-3-10/h7-8,10H,1-6,9H2. The van der Waals surface area contributed by atoms with Gasteiger partial charge < -0.3 is 4.57 Å². The topological polar surface area (TPSA) is 30.7 Å². The molecule has 2 aromatic rings. The van der Waals surface area contributed by atoms with E-state index in [0.29, 0.717) is 10.9 Å². The molecule has 1 saturated heterocycles. The normalized spacial score (nSPS) is 16.9. The first-order valence-electron chi connectivity index (χ1n) is 6.92. The smallest absolute Gasteiger partial charge is 0.160 e. The summed E-state index contributed by atoms with van der Waals surface area (Å²) in [5.41, 5.74) is 1.82. The molecule has 0 N–H and O–H groups in total. The van der Waals surface area contributed by atoms with E-state index in [0.717, 1.165) is 35.9 Å². The third-order valence-corrected chi connectivity index (χ3v) is 5.17. The molecule has 108 valence electrons. The molecule has 0 atom stereocenters. The zero-order chi connectivity index (χ0) is 13.9. The second-order valence-corrected chi connectivity index (χ2v) is 7.17. The fourth-order valence-corrected chi connectivity index (χ4v) is 4.21. The van der Waals surface area contributed by atoms with Crippen LogP contribution in [0, 0.1) is 5.92 Å². The van der Waals surface area contributed by atoms with Gasteiger partial charge in [-0.1, -0.05) is 11.6 Å². The summed E-state index contributed by atoms with van der Waals surface area (Å²) in [6, 6.07) is 1.88. The summed E-state index contributed by atoms with van der Waals surface area (Å²) >= 11 is 14.0. The van der Waals surface area contributed by atoms with Crippen LogP contribution in [0.2, 0.25) is 5.02 Å². The largest absolute Gasteiger partial charge is 0.312 e. The highest BCUT2D eigenvalue weighted by atomic mass is 35.5. The van der Waals surface area contributed by atoms with Gasteiger partial charge in [-0.25, -0.2) is 9.97 Å². The van der Waals surface area contributed by atoms with E-state index < -0.39 is 0 Å².